The molecule has 2 aromatic carbocycles. The Hall–Kier alpha value is -6.52. The summed E-state index contributed by atoms with van der Waals surface area (Å²) in [4.78, 5) is 38.1. The van der Waals surface area contributed by atoms with E-state index in [1.807, 2.05) is 32.6 Å². The van der Waals surface area contributed by atoms with Crippen molar-refractivity contribution in [3.8, 4) is 23.6 Å². The van der Waals surface area contributed by atoms with Crippen LogP contribution in [0, 0.1) is 46.6 Å². The van der Waals surface area contributed by atoms with Gasteiger partial charge < -0.3 is 19.3 Å². The third kappa shape index (κ3) is 8.91. The SMILES string of the molecule is [C-]#[N+]C1=C(N2CCCC2)CC(C)(C)C/C1=C(/[N+]#[C-])C(=O)Oc1ccc(C(c2ccc(OC(=O)/C(C#N)=C3\CC(C)(C)CC(N4CCCC4)=C3C#N)cc2)(C(F)(F)F)C(F)(F)F)cc1. The highest BCUT2D eigenvalue weighted by Crippen LogP contribution is 2.57. The number of carbonyl (C=O) groups excluding carboxylic acids is 2. The first-order valence-electron chi connectivity index (χ1n) is 20.4. The molecule has 0 unspecified atom stereocenters. The number of nitriles is 2. The highest BCUT2D eigenvalue weighted by Gasteiger charge is 2.72. The van der Waals surface area contributed by atoms with Crippen molar-refractivity contribution in [2.45, 2.75) is 96.8 Å². The average Bonchev–Trinajstić information content (AvgIpc) is 3.94. The van der Waals surface area contributed by atoms with E-state index in [2.05, 4.69) is 20.7 Å². The summed E-state index contributed by atoms with van der Waals surface area (Å²) in [6.07, 6.45) is -6.95. The normalized spacial score (nSPS) is 20.6. The number of allylic oxidation sites excluding steroid dienone is 5. The molecule has 0 atom stereocenters. The Morgan fingerprint density at radius 1 is 0.667 bits per heavy atom. The van der Waals surface area contributed by atoms with Crippen LogP contribution >= 0.6 is 0 Å². The molecule has 63 heavy (non-hydrogen) atoms. The average molecular weight is 871 g/mol. The summed E-state index contributed by atoms with van der Waals surface area (Å²) in [5.74, 6) is -3.35. The van der Waals surface area contributed by atoms with Gasteiger partial charge in [-0.2, -0.15) is 36.9 Å². The molecule has 2 heterocycles. The maximum atomic E-state index is 15.1. The monoisotopic (exact) mass is 870 g/mol. The van der Waals surface area contributed by atoms with Gasteiger partial charge in [0, 0.05) is 37.6 Å². The van der Waals surface area contributed by atoms with Gasteiger partial charge >= 0.3 is 24.3 Å². The van der Waals surface area contributed by atoms with Crippen LogP contribution in [0.5, 0.6) is 11.5 Å². The fraction of sp³-hybridized carbons (Fsp3) is 0.447. The summed E-state index contributed by atoms with van der Waals surface area (Å²) in [5, 5.41) is 20.3. The number of halogens is 6. The van der Waals surface area contributed by atoms with Gasteiger partial charge in [0.25, 0.3) is 5.70 Å². The molecule has 2 aliphatic heterocycles. The van der Waals surface area contributed by atoms with Gasteiger partial charge in [-0.15, -0.1) is 0 Å². The van der Waals surface area contributed by atoms with Crippen molar-refractivity contribution < 1.29 is 45.4 Å². The Morgan fingerprint density at radius 2 is 1.10 bits per heavy atom. The lowest BCUT2D eigenvalue weighted by molar-refractivity contribution is -0.288. The molecule has 0 amide bonds. The van der Waals surface area contributed by atoms with Crippen molar-refractivity contribution in [3.05, 3.63) is 128 Å². The van der Waals surface area contributed by atoms with Gasteiger partial charge in [-0.25, -0.2) is 14.5 Å². The van der Waals surface area contributed by atoms with Gasteiger partial charge in [0.05, 0.1) is 18.7 Å². The van der Waals surface area contributed by atoms with E-state index in [0.29, 0.717) is 74.7 Å². The maximum Gasteiger partial charge on any atom is 0.411 e. The largest absolute Gasteiger partial charge is 0.431 e. The summed E-state index contributed by atoms with van der Waals surface area (Å²) in [5.41, 5.74) is -7.07. The predicted molar refractivity (Wildman–Crippen MR) is 217 cm³/mol. The van der Waals surface area contributed by atoms with Gasteiger partial charge in [-0.1, -0.05) is 52.0 Å². The van der Waals surface area contributed by atoms with Crippen molar-refractivity contribution in [2.24, 2.45) is 10.8 Å². The lowest BCUT2D eigenvalue weighted by Crippen LogP contribution is -2.54. The summed E-state index contributed by atoms with van der Waals surface area (Å²) in [6, 6.07) is 9.04. The number of esters is 2. The van der Waals surface area contributed by atoms with E-state index in [1.165, 1.54) is 0 Å². The van der Waals surface area contributed by atoms with Crippen molar-refractivity contribution in [2.75, 3.05) is 26.2 Å². The first-order valence-corrected chi connectivity index (χ1v) is 20.4. The second-order valence-corrected chi connectivity index (χ2v) is 17.7. The van der Waals surface area contributed by atoms with E-state index < -0.39 is 74.4 Å². The summed E-state index contributed by atoms with van der Waals surface area (Å²) >= 11 is 0. The first-order chi connectivity index (χ1) is 29.6. The van der Waals surface area contributed by atoms with Crippen LogP contribution in [0.15, 0.2) is 93.6 Å². The Kier molecular flexibility index (Phi) is 12.7. The van der Waals surface area contributed by atoms with E-state index in [1.54, 1.807) is 6.07 Å². The molecule has 0 spiro atoms. The van der Waals surface area contributed by atoms with Gasteiger partial charge in [0.2, 0.25) is 5.41 Å². The molecule has 2 aliphatic carbocycles. The Balaban J connectivity index is 1.31. The van der Waals surface area contributed by atoms with E-state index in [9.17, 15) is 20.1 Å². The van der Waals surface area contributed by atoms with Gasteiger partial charge in [-0.05, 0) is 109 Å². The number of ether oxygens (including phenoxy) is 2. The van der Waals surface area contributed by atoms with Crippen LogP contribution in [0.4, 0.5) is 26.3 Å². The summed E-state index contributed by atoms with van der Waals surface area (Å²) in [7, 11) is 0. The van der Waals surface area contributed by atoms with Crippen LogP contribution in [-0.4, -0.2) is 60.3 Å². The molecular formula is C47H44F6N6O4. The van der Waals surface area contributed by atoms with Crippen LogP contribution in [0.25, 0.3) is 9.69 Å². The molecular weight excluding hydrogens is 827 g/mol. The van der Waals surface area contributed by atoms with Crippen LogP contribution in [0.3, 0.4) is 0 Å². The van der Waals surface area contributed by atoms with E-state index >= 15 is 26.3 Å². The molecule has 2 fully saturated rings. The molecule has 0 aromatic heterocycles. The molecule has 328 valence electrons. The summed E-state index contributed by atoms with van der Waals surface area (Å²) < 4.78 is 101. The third-order valence-corrected chi connectivity index (χ3v) is 12.0. The lowest BCUT2D eigenvalue weighted by atomic mass is 9.72. The van der Waals surface area contributed by atoms with E-state index in [-0.39, 0.29) is 35.3 Å². The van der Waals surface area contributed by atoms with Crippen LogP contribution < -0.4 is 9.47 Å². The third-order valence-electron chi connectivity index (χ3n) is 12.0. The Morgan fingerprint density at radius 3 is 1.51 bits per heavy atom. The number of carbonyl (C=O) groups is 2. The van der Waals surface area contributed by atoms with Crippen LogP contribution in [0.2, 0.25) is 0 Å². The zero-order valence-electron chi connectivity index (χ0n) is 35.2. The molecule has 4 aliphatic rings. The highest BCUT2D eigenvalue weighted by molar-refractivity contribution is 5.96. The van der Waals surface area contributed by atoms with Crippen molar-refractivity contribution in [1.29, 1.82) is 10.5 Å². The molecule has 16 heteroatoms. The van der Waals surface area contributed by atoms with Gasteiger partial charge in [-0.3, -0.25) is 4.79 Å². The standard InChI is InChI=1S/C47H44F6N6O4/c1-43(2)23-33(35(27-54)37(25-43)58-19-7-8-20-58)36(28-55)41(60)62-31-15-11-29(12-16-31)45(46(48,49)50,47(51,52)53)30-13-17-32(18-14-30)63-42(61)40(57-6)34-24-44(3,4)26-38(39(34)56-5)59-21-9-10-22-59/h11-18H,7-10,19-26H2,1-4H3/b36-33+,40-34-. The highest BCUT2D eigenvalue weighted by atomic mass is 19.4. The molecule has 6 rings (SSSR count). The van der Waals surface area contributed by atoms with Gasteiger partial charge in [0.15, 0.2) is 5.70 Å². The maximum absolute atomic E-state index is 15.1. The quantitative estimate of drug-likeness (QED) is 0.0643. The Bertz CT molecular complexity index is 2300. The molecule has 2 aromatic rings. The van der Waals surface area contributed by atoms with Crippen LogP contribution in [0.1, 0.15) is 90.2 Å². The minimum Gasteiger partial charge on any atom is -0.431 e. The second kappa shape index (κ2) is 17.3. The number of hydrogen-bond donors (Lipinski definition) is 0. The zero-order chi connectivity index (χ0) is 46.1. The molecule has 0 radical (unpaired) electrons. The number of nitrogens with zero attached hydrogens (tertiary/aromatic N) is 6. The van der Waals surface area contributed by atoms with Crippen LogP contribution in [-0.2, 0) is 15.0 Å². The van der Waals surface area contributed by atoms with Crippen molar-refractivity contribution in [3.63, 3.8) is 0 Å². The molecule has 2 saturated heterocycles. The molecule has 0 bridgehead atoms. The van der Waals surface area contributed by atoms with E-state index in [0.717, 1.165) is 49.9 Å². The zero-order valence-corrected chi connectivity index (χ0v) is 35.2. The van der Waals surface area contributed by atoms with Gasteiger partial charge in [0.1, 0.15) is 29.2 Å². The topological polar surface area (TPSA) is 115 Å². The fourth-order valence-electron chi connectivity index (χ4n) is 9.17. The minimum absolute atomic E-state index is 0.151. The molecule has 10 nitrogen and oxygen atoms in total. The molecule has 0 N–H and O–H groups in total. The second-order valence-electron chi connectivity index (χ2n) is 17.7. The fourth-order valence-corrected chi connectivity index (χ4v) is 9.17. The Labute approximate surface area is 362 Å². The smallest absolute Gasteiger partial charge is 0.411 e. The number of hydrogen-bond acceptors (Lipinski definition) is 8. The predicted octanol–water partition coefficient (Wildman–Crippen LogP) is 10.6. The molecule has 0 saturated carbocycles. The number of likely N-dealkylation sites (tertiary alicyclic amines) is 2. The van der Waals surface area contributed by atoms with E-state index in [4.69, 9.17) is 22.6 Å². The van der Waals surface area contributed by atoms with Crippen molar-refractivity contribution >= 4 is 11.9 Å². The number of rotatable bonds is 8. The lowest BCUT2D eigenvalue weighted by Gasteiger charge is -2.38. The van der Waals surface area contributed by atoms with Crippen molar-refractivity contribution in [1.82, 2.24) is 9.80 Å². The first kappa shape index (κ1) is 46.0. The summed E-state index contributed by atoms with van der Waals surface area (Å²) in [6.45, 7) is 26.2. The number of alkyl halides is 6. The number of benzene rings is 2. The minimum atomic E-state index is -5.99.